The van der Waals surface area contributed by atoms with Crippen LogP contribution in [0.4, 0.5) is 13.2 Å². The Kier molecular flexibility index (Phi) is 5.00. The molecule has 0 saturated heterocycles. The van der Waals surface area contributed by atoms with Crippen LogP contribution in [0.2, 0.25) is 0 Å². The van der Waals surface area contributed by atoms with Gasteiger partial charge in [-0.05, 0) is 18.6 Å². The fourth-order valence-electron chi connectivity index (χ4n) is 2.00. The Hall–Kier alpha value is -2.41. The molecule has 0 fully saturated rings. The van der Waals surface area contributed by atoms with Crippen molar-refractivity contribution in [3.63, 3.8) is 0 Å². The number of amides is 1. The quantitative estimate of drug-likeness (QED) is 0.909. The summed E-state index contributed by atoms with van der Waals surface area (Å²) in [5, 5.41) is 12.5. The SMILES string of the molecule is C[C@H](NC(=O)[C@@H](O)c1ccc(C(F)(F)F)nc1)c1ccccc1. The third kappa shape index (κ3) is 4.29. The van der Waals surface area contributed by atoms with E-state index >= 15 is 0 Å². The number of hydrogen-bond acceptors (Lipinski definition) is 3. The molecule has 4 nitrogen and oxygen atoms in total. The zero-order valence-corrected chi connectivity index (χ0v) is 12.2. The van der Waals surface area contributed by atoms with Crippen LogP contribution < -0.4 is 5.32 Å². The van der Waals surface area contributed by atoms with Crippen LogP contribution in [0.15, 0.2) is 48.7 Å². The van der Waals surface area contributed by atoms with Gasteiger partial charge in [0.15, 0.2) is 6.10 Å². The minimum atomic E-state index is -4.56. The van der Waals surface area contributed by atoms with Crippen molar-refractivity contribution in [2.45, 2.75) is 25.2 Å². The maximum absolute atomic E-state index is 12.4. The molecule has 1 amide bonds. The van der Waals surface area contributed by atoms with Crippen molar-refractivity contribution in [3.05, 3.63) is 65.5 Å². The number of hydrogen-bond donors (Lipinski definition) is 2. The normalized spacial score (nSPS) is 14.1. The fraction of sp³-hybridized carbons (Fsp3) is 0.250. The molecule has 0 spiro atoms. The zero-order chi connectivity index (χ0) is 17.0. The van der Waals surface area contributed by atoms with Crippen LogP contribution in [0.5, 0.6) is 0 Å². The predicted octanol–water partition coefficient (Wildman–Crippen LogP) is 3.01. The number of rotatable bonds is 4. The maximum atomic E-state index is 12.4. The second kappa shape index (κ2) is 6.78. The molecule has 1 aromatic carbocycles. The molecular weight excluding hydrogens is 309 g/mol. The molecule has 0 saturated carbocycles. The molecule has 0 aliphatic heterocycles. The van der Waals surface area contributed by atoms with E-state index in [2.05, 4.69) is 10.3 Å². The summed E-state index contributed by atoms with van der Waals surface area (Å²) in [6.07, 6.45) is -5.30. The van der Waals surface area contributed by atoms with Crippen molar-refractivity contribution in [1.29, 1.82) is 0 Å². The topological polar surface area (TPSA) is 62.2 Å². The van der Waals surface area contributed by atoms with Crippen molar-refractivity contribution in [2.75, 3.05) is 0 Å². The van der Waals surface area contributed by atoms with Crippen LogP contribution in [0.25, 0.3) is 0 Å². The van der Waals surface area contributed by atoms with Gasteiger partial charge in [0.05, 0.1) is 6.04 Å². The third-order valence-electron chi connectivity index (χ3n) is 3.30. The first kappa shape index (κ1) is 17.0. The van der Waals surface area contributed by atoms with E-state index in [1.54, 1.807) is 6.92 Å². The monoisotopic (exact) mass is 324 g/mol. The lowest BCUT2D eigenvalue weighted by Gasteiger charge is -2.17. The summed E-state index contributed by atoms with van der Waals surface area (Å²) in [5.74, 6) is -0.706. The zero-order valence-electron chi connectivity index (χ0n) is 12.2. The van der Waals surface area contributed by atoms with Crippen LogP contribution >= 0.6 is 0 Å². The Labute approximate surface area is 131 Å². The first-order valence-corrected chi connectivity index (χ1v) is 6.85. The number of aromatic nitrogens is 1. The van der Waals surface area contributed by atoms with E-state index in [4.69, 9.17) is 0 Å². The third-order valence-corrected chi connectivity index (χ3v) is 3.30. The number of pyridine rings is 1. The molecule has 2 aromatic rings. The van der Waals surface area contributed by atoms with Crippen LogP contribution in [0.1, 0.15) is 35.9 Å². The van der Waals surface area contributed by atoms with Crippen molar-refractivity contribution >= 4 is 5.91 Å². The number of alkyl halides is 3. The van der Waals surface area contributed by atoms with Crippen molar-refractivity contribution in [2.24, 2.45) is 0 Å². The highest BCUT2D eigenvalue weighted by atomic mass is 19.4. The van der Waals surface area contributed by atoms with Gasteiger partial charge in [-0.15, -0.1) is 0 Å². The standard InChI is InChI=1S/C16H15F3N2O2/c1-10(11-5-3-2-4-6-11)21-15(23)14(22)12-7-8-13(20-9-12)16(17,18)19/h2-10,14,22H,1H3,(H,21,23)/t10-,14-/m0/s1. The van der Waals surface area contributed by atoms with Gasteiger partial charge < -0.3 is 10.4 Å². The summed E-state index contributed by atoms with van der Waals surface area (Å²) < 4.78 is 37.3. The number of benzene rings is 1. The van der Waals surface area contributed by atoms with Gasteiger partial charge in [0.1, 0.15) is 5.69 Å². The van der Waals surface area contributed by atoms with Crippen LogP contribution in [0, 0.1) is 0 Å². The second-order valence-electron chi connectivity index (χ2n) is 5.02. The molecule has 7 heteroatoms. The molecular formula is C16H15F3N2O2. The lowest BCUT2D eigenvalue weighted by Crippen LogP contribution is -2.31. The Morgan fingerprint density at radius 1 is 1.13 bits per heavy atom. The number of carbonyl (C=O) groups excluding carboxylic acids is 1. The smallest absolute Gasteiger partial charge is 0.378 e. The summed E-state index contributed by atoms with van der Waals surface area (Å²) >= 11 is 0. The lowest BCUT2D eigenvalue weighted by molar-refractivity contribution is -0.141. The number of aliphatic hydroxyl groups is 1. The highest BCUT2D eigenvalue weighted by Gasteiger charge is 2.32. The van der Waals surface area contributed by atoms with Gasteiger partial charge in [-0.3, -0.25) is 9.78 Å². The molecule has 0 bridgehead atoms. The highest BCUT2D eigenvalue weighted by Crippen LogP contribution is 2.28. The molecule has 0 aliphatic rings. The summed E-state index contributed by atoms with van der Waals surface area (Å²) in [6.45, 7) is 1.74. The Morgan fingerprint density at radius 3 is 2.30 bits per heavy atom. The Bertz CT molecular complexity index is 657. The van der Waals surface area contributed by atoms with Crippen LogP contribution in [0.3, 0.4) is 0 Å². The number of carbonyl (C=O) groups is 1. The van der Waals surface area contributed by atoms with E-state index in [1.165, 1.54) is 0 Å². The molecule has 23 heavy (non-hydrogen) atoms. The van der Waals surface area contributed by atoms with E-state index in [0.29, 0.717) is 0 Å². The van der Waals surface area contributed by atoms with Crippen LogP contribution in [-0.4, -0.2) is 16.0 Å². The van der Waals surface area contributed by atoms with Gasteiger partial charge in [-0.25, -0.2) is 0 Å². The second-order valence-corrected chi connectivity index (χ2v) is 5.02. The highest BCUT2D eigenvalue weighted by molar-refractivity contribution is 5.82. The van der Waals surface area contributed by atoms with Crippen molar-refractivity contribution in [1.82, 2.24) is 10.3 Å². The van der Waals surface area contributed by atoms with E-state index < -0.39 is 23.9 Å². The van der Waals surface area contributed by atoms with E-state index in [1.807, 2.05) is 30.3 Å². The maximum Gasteiger partial charge on any atom is 0.433 e. The van der Waals surface area contributed by atoms with Gasteiger partial charge in [0.25, 0.3) is 5.91 Å². The molecule has 1 heterocycles. The molecule has 0 radical (unpaired) electrons. The largest absolute Gasteiger partial charge is 0.433 e. The average Bonchev–Trinajstić information content (AvgIpc) is 2.54. The van der Waals surface area contributed by atoms with Gasteiger partial charge in [-0.1, -0.05) is 36.4 Å². The van der Waals surface area contributed by atoms with Gasteiger partial charge in [0, 0.05) is 11.8 Å². The number of aliphatic hydroxyl groups excluding tert-OH is 1. The van der Waals surface area contributed by atoms with Crippen molar-refractivity contribution < 1.29 is 23.1 Å². The van der Waals surface area contributed by atoms with Gasteiger partial charge >= 0.3 is 6.18 Å². The minimum Gasteiger partial charge on any atom is -0.378 e. The van der Waals surface area contributed by atoms with E-state index in [9.17, 15) is 23.1 Å². The molecule has 1 aromatic heterocycles. The van der Waals surface area contributed by atoms with Gasteiger partial charge in [-0.2, -0.15) is 13.2 Å². The fourth-order valence-corrected chi connectivity index (χ4v) is 2.00. The summed E-state index contributed by atoms with van der Waals surface area (Å²) in [4.78, 5) is 15.2. The number of halogens is 3. The molecule has 2 N–H and O–H groups in total. The molecule has 2 atom stereocenters. The Morgan fingerprint density at radius 2 is 1.78 bits per heavy atom. The molecule has 0 unspecified atom stereocenters. The van der Waals surface area contributed by atoms with E-state index in [-0.39, 0.29) is 11.6 Å². The summed E-state index contributed by atoms with van der Waals surface area (Å²) in [5.41, 5.74) is -0.235. The number of nitrogens with one attached hydrogen (secondary N) is 1. The first-order valence-electron chi connectivity index (χ1n) is 6.85. The van der Waals surface area contributed by atoms with Crippen LogP contribution in [-0.2, 0) is 11.0 Å². The minimum absolute atomic E-state index is 0.00392. The van der Waals surface area contributed by atoms with E-state index in [0.717, 1.165) is 23.9 Å². The van der Waals surface area contributed by atoms with Crippen molar-refractivity contribution in [3.8, 4) is 0 Å². The predicted molar refractivity (Wildman–Crippen MR) is 77.2 cm³/mol. The molecule has 0 aliphatic carbocycles. The lowest BCUT2D eigenvalue weighted by atomic mass is 10.1. The van der Waals surface area contributed by atoms with Gasteiger partial charge in [0.2, 0.25) is 0 Å². The summed E-state index contributed by atoms with van der Waals surface area (Å²) in [7, 11) is 0. The average molecular weight is 324 g/mol. The Balaban J connectivity index is 2.05. The molecule has 2 rings (SSSR count). The number of nitrogens with zero attached hydrogens (tertiary/aromatic N) is 1. The molecule has 122 valence electrons. The first-order chi connectivity index (χ1) is 10.8. The summed E-state index contributed by atoms with van der Waals surface area (Å²) in [6, 6.07) is 10.5.